The lowest BCUT2D eigenvalue weighted by molar-refractivity contribution is 0.102. The van der Waals surface area contributed by atoms with Crippen molar-refractivity contribution < 1.29 is 4.79 Å². The second-order valence-electron chi connectivity index (χ2n) is 6.80. The Bertz CT molecular complexity index is 937. The first-order chi connectivity index (χ1) is 13.0. The van der Waals surface area contributed by atoms with Gasteiger partial charge in [-0.15, -0.1) is 0 Å². The van der Waals surface area contributed by atoms with E-state index in [4.69, 9.17) is 0 Å². The number of hydrogen-bond acceptors (Lipinski definition) is 4. The first kappa shape index (κ1) is 18.6. The van der Waals surface area contributed by atoms with Crippen molar-refractivity contribution in [3.05, 3.63) is 83.2 Å². The van der Waals surface area contributed by atoms with E-state index in [1.807, 2.05) is 36.4 Å². The molecule has 0 unspecified atom stereocenters. The molecular weight excluding hydrogens is 336 g/mol. The number of amides is 1. The van der Waals surface area contributed by atoms with Crippen LogP contribution in [0.2, 0.25) is 0 Å². The number of nitrogens with one attached hydrogen (secondary N) is 2. The van der Waals surface area contributed by atoms with Crippen molar-refractivity contribution >= 4 is 17.5 Å². The topological polar surface area (TPSA) is 66.9 Å². The maximum Gasteiger partial charge on any atom is 0.274 e. The predicted octanol–water partition coefficient (Wildman–Crippen LogP) is 4.77. The molecule has 0 aliphatic heterocycles. The van der Waals surface area contributed by atoms with Gasteiger partial charge in [0.2, 0.25) is 5.95 Å². The average Bonchev–Trinajstić information content (AvgIpc) is 2.67. The first-order valence-corrected chi connectivity index (χ1v) is 9.05. The molecule has 0 aliphatic carbocycles. The fraction of sp³-hybridized carbons (Fsp3) is 0.227. The van der Waals surface area contributed by atoms with Crippen LogP contribution in [0.3, 0.4) is 0 Å². The Morgan fingerprint density at radius 3 is 2.67 bits per heavy atom. The Balaban J connectivity index is 1.70. The second-order valence-corrected chi connectivity index (χ2v) is 6.80. The summed E-state index contributed by atoms with van der Waals surface area (Å²) in [4.78, 5) is 21.2. The van der Waals surface area contributed by atoms with E-state index in [9.17, 15) is 4.79 Å². The molecule has 0 saturated heterocycles. The van der Waals surface area contributed by atoms with Crippen LogP contribution in [0.25, 0.3) is 0 Å². The first-order valence-electron chi connectivity index (χ1n) is 9.05. The van der Waals surface area contributed by atoms with Gasteiger partial charge in [-0.3, -0.25) is 4.79 Å². The highest BCUT2D eigenvalue weighted by Crippen LogP contribution is 2.24. The van der Waals surface area contributed by atoms with Crippen LogP contribution in [-0.2, 0) is 6.54 Å². The Hall–Kier alpha value is -3.21. The average molecular weight is 360 g/mol. The van der Waals surface area contributed by atoms with Gasteiger partial charge in [0.15, 0.2) is 0 Å². The minimum Gasteiger partial charge on any atom is -0.350 e. The van der Waals surface area contributed by atoms with Crippen molar-refractivity contribution in [2.75, 3.05) is 10.6 Å². The number of aryl methyl sites for hydroxylation is 1. The van der Waals surface area contributed by atoms with Gasteiger partial charge in [0.05, 0.1) is 0 Å². The number of benzene rings is 2. The monoisotopic (exact) mass is 360 g/mol. The largest absolute Gasteiger partial charge is 0.350 e. The lowest BCUT2D eigenvalue weighted by atomic mass is 10.0. The number of anilines is 2. The summed E-state index contributed by atoms with van der Waals surface area (Å²) in [5.41, 5.74) is 4.57. The Labute approximate surface area is 159 Å². The zero-order valence-corrected chi connectivity index (χ0v) is 15.9. The van der Waals surface area contributed by atoms with Crippen molar-refractivity contribution in [3.63, 3.8) is 0 Å². The van der Waals surface area contributed by atoms with Crippen LogP contribution in [0.4, 0.5) is 11.6 Å². The van der Waals surface area contributed by atoms with E-state index in [1.165, 1.54) is 5.56 Å². The molecule has 1 heterocycles. The van der Waals surface area contributed by atoms with Gasteiger partial charge >= 0.3 is 0 Å². The summed E-state index contributed by atoms with van der Waals surface area (Å²) >= 11 is 0. The Kier molecular flexibility index (Phi) is 5.81. The van der Waals surface area contributed by atoms with Crippen molar-refractivity contribution in [2.45, 2.75) is 33.2 Å². The molecule has 138 valence electrons. The molecule has 2 N–H and O–H groups in total. The molecule has 0 aliphatic rings. The van der Waals surface area contributed by atoms with Crippen molar-refractivity contribution in [3.8, 4) is 0 Å². The summed E-state index contributed by atoms with van der Waals surface area (Å²) in [5.74, 6) is 0.504. The number of aromatic nitrogens is 2. The van der Waals surface area contributed by atoms with Crippen molar-refractivity contribution in [2.24, 2.45) is 0 Å². The number of carbonyl (C=O) groups is 1. The highest BCUT2D eigenvalue weighted by Gasteiger charge is 2.12. The van der Waals surface area contributed by atoms with Gasteiger partial charge in [-0.1, -0.05) is 61.9 Å². The maximum atomic E-state index is 12.6. The number of nitrogens with zero attached hydrogens (tertiary/aromatic N) is 2. The lowest BCUT2D eigenvalue weighted by Gasteiger charge is -2.13. The smallest absolute Gasteiger partial charge is 0.274 e. The third-order valence-corrected chi connectivity index (χ3v) is 4.25. The summed E-state index contributed by atoms with van der Waals surface area (Å²) < 4.78 is 0. The Morgan fingerprint density at radius 1 is 1.07 bits per heavy atom. The molecule has 0 radical (unpaired) electrons. The van der Waals surface area contributed by atoms with Gasteiger partial charge in [0, 0.05) is 18.4 Å². The molecule has 0 atom stereocenters. The highest BCUT2D eigenvalue weighted by molar-refractivity contribution is 6.03. The summed E-state index contributed by atoms with van der Waals surface area (Å²) in [6.45, 7) is 6.86. The zero-order valence-electron chi connectivity index (χ0n) is 15.9. The standard InChI is InChI=1S/C22H24N4O/c1-15(2)18-9-4-5-10-19(18)25-21(27)20-11-12-23-22(26-20)24-14-17-8-6-7-16(3)13-17/h4-13,15H,14H2,1-3H3,(H,25,27)(H,23,24,26). The molecule has 27 heavy (non-hydrogen) atoms. The molecule has 2 aromatic carbocycles. The molecule has 3 aromatic rings. The van der Waals surface area contributed by atoms with Crippen LogP contribution in [0.5, 0.6) is 0 Å². The number of hydrogen-bond donors (Lipinski definition) is 2. The normalized spacial score (nSPS) is 10.7. The fourth-order valence-corrected chi connectivity index (χ4v) is 2.87. The van der Waals surface area contributed by atoms with Crippen LogP contribution < -0.4 is 10.6 Å². The van der Waals surface area contributed by atoms with E-state index in [0.717, 1.165) is 16.8 Å². The van der Waals surface area contributed by atoms with E-state index < -0.39 is 0 Å². The number of rotatable bonds is 6. The van der Waals surface area contributed by atoms with Gasteiger partial charge < -0.3 is 10.6 Å². The number of carbonyl (C=O) groups excluding carboxylic acids is 1. The second kappa shape index (κ2) is 8.45. The molecule has 3 rings (SSSR count). The van der Waals surface area contributed by atoms with E-state index in [1.54, 1.807) is 12.3 Å². The molecule has 5 nitrogen and oxygen atoms in total. The van der Waals surface area contributed by atoms with E-state index >= 15 is 0 Å². The summed E-state index contributed by atoms with van der Waals surface area (Å²) in [6.07, 6.45) is 1.59. The quantitative estimate of drug-likeness (QED) is 0.664. The van der Waals surface area contributed by atoms with Crippen molar-refractivity contribution in [1.29, 1.82) is 0 Å². The van der Waals surface area contributed by atoms with Gasteiger partial charge in [-0.2, -0.15) is 0 Å². The predicted molar refractivity (Wildman–Crippen MR) is 109 cm³/mol. The van der Waals surface area contributed by atoms with Crippen LogP contribution in [-0.4, -0.2) is 15.9 Å². The van der Waals surface area contributed by atoms with Crippen LogP contribution >= 0.6 is 0 Å². The molecule has 1 amide bonds. The van der Waals surface area contributed by atoms with Gasteiger partial charge in [0.1, 0.15) is 5.69 Å². The molecule has 0 spiro atoms. The number of para-hydroxylation sites is 1. The van der Waals surface area contributed by atoms with Crippen LogP contribution in [0.1, 0.15) is 46.9 Å². The molecule has 0 bridgehead atoms. The molecule has 1 aromatic heterocycles. The zero-order chi connectivity index (χ0) is 19.2. The van der Waals surface area contributed by atoms with Gasteiger partial charge in [0.25, 0.3) is 5.91 Å². The summed E-state index contributed by atoms with van der Waals surface area (Å²) in [6, 6.07) is 17.7. The lowest BCUT2D eigenvalue weighted by Crippen LogP contribution is -2.16. The van der Waals surface area contributed by atoms with Crippen LogP contribution in [0.15, 0.2) is 60.8 Å². The van der Waals surface area contributed by atoms with Crippen molar-refractivity contribution in [1.82, 2.24) is 9.97 Å². The van der Waals surface area contributed by atoms with E-state index in [0.29, 0.717) is 24.1 Å². The summed E-state index contributed by atoms with van der Waals surface area (Å²) in [5, 5.41) is 6.13. The molecule has 5 heteroatoms. The fourth-order valence-electron chi connectivity index (χ4n) is 2.87. The van der Waals surface area contributed by atoms with Crippen LogP contribution in [0, 0.1) is 6.92 Å². The Morgan fingerprint density at radius 2 is 1.89 bits per heavy atom. The van der Waals surface area contributed by atoms with E-state index in [2.05, 4.69) is 53.5 Å². The molecule has 0 fully saturated rings. The third kappa shape index (κ3) is 4.91. The third-order valence-electron chi connectivity index (χ3n) is 4.25. The highest BCUT2D eigenvalue weighted by atomic mass is 16.1. The molecule has 0 saturated carbocycles. The maximum absolute atomic E-state index is 12.6. The SMILES string of the molecule is Cc1cccc(CNc2nccc(C(=O)Nc3ccccc3C(C)C)n2)c1. The molecular formula is C22H24N4O. The van der Waals surface area contributed by atoms with Gasteiger partial charge in [-0.05, 0) is 36.1 Å². The van der Waals surface area contributed by atoms with E-state index in [-0.39, 0.29) is 5.91 Å². The minimum atomic E-state index is -0.246. The summed E-state index contributed by atoms with van der Waals surface area (Å²) in [7, 11) is 0. The minimum absolute atomic E-state index is 0.246. The van der Waals surface area contributed by atoms with Gasteiger partial charge in [-0.25, -0.2) is 9.97 Å².